The summed E-state index contributed by atoms with van der Waals surface area (Å²) in [5, 5.41) is 3.19. The first-order chi connectivity index (χ1) is 9.63. The SMILES string of the molecule is CCC(C)N1CCN(Cc2cc(CNC)c(C)o2)CC1. The summed E-state index contributed by atoms with van der Waals surface area (Å²) in [5.41, 5.74) is 1.28. The summed E-state index contributed by atoms with van der Waals surface area (Å²) in [4.78, 5) is 5.09. The maximum atomic E-state index is 5.87. The summed E-state index contributed by atoms with van der Waals surface area (Å²) in [6, 6.07) is 2.91. The van der Waals surface area contributed by atoms with Crippen molar-refractivity contribution in [3.05, 3.63) is 23.2 Å². The summed E-state index contributed by atoms with van der Waals surface area (Å²) >= 11 is 0. The first kappa shape index (κ1) is 15.5. The van der Waals surface area contributed by atoms with Crippen LogP contribution in [0.5, 0.6) is 0 Å². The van der Waals surface area contributed by atoms with Gasteiger partial charge in [0.1, 0.15) is 11.5 Å². The molecule has 1 aromatic heterocycles. The highest BCUT2D eigenvalue weighted by atomic mass is 16.3. The first-order valence-corrected chi connectivity index (χ1v) is 7.83. The molecule has 0 radical (unpaired) electrons. The van der Waals surface area contributed by atoms with Crippen LogP contribution in [-0.4, -0.2) is 49.1 Å². The number of aryl methyl sites for hydroxylation is 1. The van der Waals surface area contributed by atoms with Crippen LogP contribution in [0.4, 0.5) is 0 Å². The van der Waals surface area contributed by atoms with Gasteiger partial charge in [0.05, 0.1) is 6.54 Å². The average molecular weight is 279 g/mol. The van der Waals surface area contributed by atoms with Crippen LogP contribution < -0.4 is 5.32 Å². The van der Waals surface area contributed by atoms with E-state index in [0.717, 1.165) is 37.7 Å². The number of piperazine rings is 1. The molecule has 2 heterocycles. The zero-order chi connectivity index (χ0) is 14.5. The van der Waals surface area contributed by atoms with Gasteiger partial charge in [-0.3, -0.25) is 9.80 Å². The Labute approximate surface area is 123 Å². The van der Waals surface area contributed by atoms with E-state index in [1.54, 1.807) is 0 Å². The number of furan rings is 1. The van der Waals surface area contributed by atoms with E-state index in [1.807, 2.05) is 7.05 Å². The maximum absolute atomic E-state index is 5.87. The standard InChI is InChI=1S/C16H29N3O/c1-5-13(2)19-8-6-18(7-9-19)12-16-10-15(11-17-4)14(3)20-16/h10,13,17H,5-9,11-12H2,1-4H3. The van der Waals surface area contributed by atoms with Gasteiger partial charge >= 0.3 is 0 Å². The van der Waals surface area contributed by atoms with Crippen molar-refractivity contribution in [2.75, 3.05) is 33.2 Å². The summed E-state index contributed by atoms with van der Waals surface area (Å²) in [6.07, 6.45) is 1.24. The second-order valence-electron chi connectivity index (χ2n) is 5.89. The summed E-state index contributed by atoms with van der Waals surface area (Å²) in [7, 11) is 1.97. The molecule has 4 nitrogen and oxygen atoms in total. The topological polar surface area (TPSA) is 31.6 Å². The van der Waals surface area contributed by atoms with Crippen molar-refractivity contribution in [1.82, 2.24) is 15.1 Å². The lowest BCUT2D eigenvalue weighted by Gasteiger charge is -2.37. The molecule has 1 unspecified atom stereocenters. The van der Waals surface area contributed by atoms with Crippen molar-refractivity contribution < 1.29 is 4.42 Å². The number of nitrogens with one attached hydrogen (secondary N) is 1. The fraction of sp³-hybridized carbons (Fsp3) is 0.750. The van der Waals surface area contributed by atoms with Crippen LogP contribution in [-0.2, 0) is 13.1 Å². The third kappa shape index (κ3) is 3.84. The molecule has 4 heteroatoms. The van der Waals surface area contributed by atoms with Crippen LogP contribution in [0.3, 0.4) is 0 Å². The minimum atomic E-state index is 0.713. The minimum Gasteiger partial charge on any atom is -0.465 e. The number of rotatable bonds is 6. The molecule has 0 saturated carbocycles. The lowest BCUT2D eigenvalue weighted by atomic mass is 10.2. The average Bonchev–Trinajstić information content (AvgIpc) is 2.79. The molecule has 20 heavy (non-hydrogen) atoms. The molecule has 1 aliphatic rings. The lowest BCUT2D eigenvalue weighted by Crippen LogP contribution is -2.48. The Balaban J connectivity index is 1.85. The number of hydrogen-bond acceptors (Lipinski definition) is 4. The smallest absolute Gasteiger partial charge is 0.118 e. The van der Waals surface area contributed by atoms with E-state index < -0.39 is 0 Å². The van der Waals surface area contributed by atoms with Crippen molar-refractivity contribution >= 4 is 0 Å². The predicted octanol–water partition coefficient (Wildman–Crippen LogP) is 2.22. The Hall–Kier alpha value is -0.840. The molecular weight excluding hydrogens is 250 g/mol. The maximum Gasteiger partial charge on any atom is 0.118 e. The van der Waals surface area contributed by atoms with E-state index in [9.17, 15) is 0 Å². The Morgan fingerprint density at radius 2 is 2.00 bits per heavy atom. The number of hydrogen-bond donors (Lipinski definition) is 1. The van der Waals surface area contributed by atoms with Gasteiger partial charge in [-0.25, -0.2) is 0 Å². The number of nitrogens with zero attached hydrogens (tertiary/aromatic N) is 2. The van der Waals surface area contributed by atoms with Gasteiger partial charge in [-0.15, -0.1) is 0 Å². The van der Waals surface area contributed by atoms with Crippen molar-refractivity contribution in [1.29, 1.82) is 0 Å². The fourth-order valence-electron chi connectivity index (χ4n) is 2.87. The Morgan fingerprint density at radius 3 is 2.60 bits per heavy atom. The van der Waals surface area contributed by atoms with Gasteiger partial charge in [-0.05, 0) is 33.4 Å². The Kier molecular flexibility index (Phi) is 5.64. The zero-order valence-corrected chi connectivity index (χ0v) is 13.4. The zero-order valence-electron chi connectivity index (χ0n) is 13.4. The van der Waals surface area contributed by atoms with E-state index in [-0.39, 0.29) is 0 Å². The van der Waals surface area contributed by atoms with Crippen molar-refractivity contribution in [2.45, 2.75) is 46.3 Å². The molecule has 2 rings (SSSR count). The molecule has 114 valence electrons. The van der Waals surface area contributed by atoms with Gasteiger partial charge in [-0.1, -0.05) is 6.92 Å². The van der Waals surface area contributed by atoms with Crippen LogP contribution in [0.1, 0.15) is 37.4 Å². The predicted molar refractivity (Wildman–Crippen MR) is 82.8 cm³/mol. The van der Waals surface area contributed by atoms with Crippen LogP contribution in [0.25, 0.3) is 0 Å². The molecule has 0 bridgehead atoms. The van der Waals surface area contributed by atoms with Crippen LogP contribution in [0.15, 0.2) is 10.5 Å². The van der Waals surface area contributed by atoms with Gasteiger partial charge in [0, 0.05) is 44.3 Å². The highest BCUT2D eigenvalue weighted by Crippen LogP contribution is 2.17. The molecule has 0 spiro atoms. The van der Waals surface area contributed by atoms with E-state index >= 15 is 0 Å². The molecule has 1 aliphatic heterocycles. The second kappa shape index (κ2) is 7.25. The van der Waals surface area contributed by atoms with E-state index in [4.69, 9.17) is 4.42 Å². The highest BCUT2D eigenvalue weighted by molar-refractivity contribution is 5.20. The monoisotopic (exact) mass is 279 g/mol. The van der Waals surface area contributed by atoms with Gasteiger partial charge in [0.25, 0.3) is 0 Å². The third-order valence-electron chi connectivity index (χ3n) is 4.44. The lowest BCUT2D eigenvalue weighted by molar-refractivity contribution is 0.0918. The molecule has 0 aliphatic carbocycles. The molecule has 1 saturated heterocycles. The quantitative estimate of drug-likeness (QED) is 0.865. The Morgan fingerprint density at radius 1 is 1.30 bits per heavy atom. The fourth-order valence-corrected chi connectivity index (χ4v) is 2.87. The largest absolute Gasteiger partial charge is 0.465 e. The normalized spacial score (nSPS) is 19.4. The second-order valence-corrected chi connectivity index (χ2v) is 5.89. The minimum absolute atomic E-state index is 0.713. The summed E-state index contributed by atoms with van der Waals surface area (Å²) in [5.74, 6) is 2.15. The molecule has 1 fully saturated rings. The molecule has 1 atom stereocenters. The van der Waals surface area contributed by atoms with Crippen LogP contribution in [0, 0.1) is 6.92 Å². The molecule has 0 amide bonds. The third-order valence-corrected chi connectivity index (χ3v) is 4.44. The van der Waals surface area contributed by atoms with Crippen molar-refractivity contribution in [3.8, 4) is 0 Å². The summed E-state index contributed by atoms with van der Waals surface area (Å²) < 4.78 is 5.87. The van der Waals surface area contributed by atoms with Crippen LogP contribution in [0.2, 0.25) is 0 Å². The van der Waals surface area contributed by atoms with Gasteiger partial charge in [0.15, 0.2) is 0 Å². The molecule has 1 N–H and O–H groups in total. The van der Waals surface area contributed by atoms with E-state index in [0.29, 0.717) is 6.04 Å². The van der Waals surface area contributed by atoms with Gasteiger partial charge in [0.2, 0.25) is 0 Å². The molecule has 0 aromatic carbocycles. The first-order valence-electron chi connectivity index (χ1n) is 7.83. The molecular formula is C16H29N3O. The van der Waals surface area contributed by atoms with Gasteiger partial charge in [-0.2, -0.15) is 0 Å². The van der Waals surface area contributed by atoms with E-state index in [1.165, 1.54) is 25.1 Å². The highest BCUT2D eigenvalue weighted by Gasteiger charge is 2.21. The van der Waals surface area contributed by atoms with E-state index in [2.05, 4.69) is 42.0 Å². The van der Waals surface area contributed by atoms with Gasteiger partial charge < -0.3 is 9.73 Å². The summed E-state index contributed by atoms with van der Waals surface area (Å²) in [6.45, 7) is 13.1. The van der Waals surface area contributed by atoms with Crippen molar-refractivity contribution in [2.24, 2.45) is 0 Å². The molecule has 1 aromatic rings. The van der Waals surface area contributed by atoms with Crippen molar-refractivity contribution in [3.63, 3.8) is 0 Å². The van der Waals surface area contributed by atoms with Crippen LogP contribution >= 0.6 is 0 Å². The Bertz CT molecular complexity index is 408.